The van der Waals surface area contributed by atoms with Crippen LogP contribution in [0.2, 0.25) is 0 Å². The third kappa shape index (κ3) is 4.75. The Morgan fingerprint density at radius 3 is 2.58 bits per heavy atom. The van der Waals surface area contributed by atoms with Gasteiger partial charge in [-0.3, -0.25) is 4.21 Å². The second kappa shape index (κ2) is 8.20. The van der Waals surface area contributed by atoms with E-state index in [0.717, 1.165) is 16.9 Å². The quantitative estimate of drug-likeness (QED) is 0.333. The largest absolute Gasteiger partial charge is 0.624 e. The first-order valence-corrected chi connectivity index (χ1v) is 8.91. The number of thiazole rings is 1. The predicted molar refractivity (Wildman–Crippen MR) is 88.5 cm³/mol. The Kier molecular flexibility index (Phi) is 6.27. The highest BCUT2D eigenvalue weighted by molar-refractivity contribution is 7.87. The van der Waals surface area contributed by atoms with Crippen molar-refractivity contribution in [2.24, 2.45) is 0 Å². The van der Waals surface area contributed by atoms with Gasteiger partial charge in [0.25, 0.3) is 0 Å². The van der Waals surface area contributed by atoms with Crippen LogP contribution in [0.5, 0.6) is 0 Å². The summed E-state index contributed by atoms with van der Waals surface area (Å²) in [5, 5.41) is 11.3. The fraction of sp³-hybridized carbons (Fsp3) is 0.200. The molecular formula is C15H13F3N2O2S2. The van der Waals surface area contributed by atoms with Crippen LogP contribution in [0.3, 0.4) is 0 Å². The lowest BCUT2D eigenvalue weighted by Gasteiger charge is -1.98. The first-order chi connectivity index (χ1) is 11.4. The maximum Gasteiger partial charge on any atom is 0.301 e. The fourth-order valence-electron chi connectivity index (χ4n) is 1.83. The van der Waals surface area contributed by atoms with Crippen molar-refractivity contribution in [1.29, 1.82) is 0 Å². The van der Waals surface area contributed by atoms with Gasteiger partial charge in [0.1, 0.15) is 11.9 Å². The zero-order chi connectivity index (χ0) is 17.7. The summed E-state index contributed by atoms with van der Waals surface area (Å²) in [5.74, 6) is -1.88. The lowest BCUT2D eigenvalue weighted by Crippen LogP contribution is -1.98. The number of aromatic nitrogens is 1. The predicted octanol–water partition coefficient (Wildman–Crippen LogP) is 3.94. The minimum absolute atomic E-state index is 0.161. The Balaban J connectivity index is 2.32. The zero-order valence-corrected chi connectivity index (χ0v) is 14.2. The van der Waals surface area contributed by atoms with Crippen LogP contribution in [0.25, 0.3) is 11.3 Å². The molecule has 1 heterocycles. The molecular weight excluding hydrogens is 361 g/mol. The summed E-state index contributed by atoms with van der Waals surface area (Å²) < 4.78 is 49.9. The molecule has 0 bridgehead atoms. The van der Waals surface area contributed by atoms with Gasteiger partial charge in [0, 0.05) is 17.7 Å². The van der Waals surface area contributed by atoms with Crippen molar-refractivity contribution in [3.63, 3.8) is 0 Å². The van der Waals surface area contributed by atoms with Crippen molar-refractivity contribution in [2.75, 3.05) is 12.8 Å². The van der Waals surface area contributed by atoms with E-state index in [0.29, 0.717) is 15.3 Å². The molecule has 4 nitrogen and oxygen atoms in total. The molecule has 9 heteroatoms. The number of hydrogen-bond donors (Lipinski definition) is 0. The van der Waals surface area contributed by atoms with Crippen LogP contribution in [0.1, 0.15) is 11.3 Å². The van der Waals surface area contributed by atoms with E-state index in [2.05, 4.69) is 4.98 Å². The number of rotatable bonds is 6. The summed E-state index contributed by atoms with van der Waals surface area (Å²) in [6.07, 6.45) is -1.74. The average Bonchev–Trinajstić information content (AvgIpc) is 2.96. The Bertz CT molecular complexity index is 796. The number of halogens is 3. The summed E-state index contributed by atoms with van der Waals surface area (Å²) in [5.41, 5.74) is 1.20. The van der Waals surface area contributed by atoms with Crippen LogP contribution < -0.4 is 0 Å². The van der Waals surface area contributed by atoms with E-state index in [-0.39, 0.29) is 10.1 Å². The third-order valence-corrected chi connectivity index (χ3v) is 5.53. The lowest BCUT2D eigenvalue weighted by atomic mass is 10.1. The Morgan fingerprint density at radius 1 is 1.33 bits per heavy atom. The van der Waals surface area contributed by atoms with E-state index < -0.39 is 29.1 Å². The highest BCUT2D eigenvalue weighted by Gasteiger charge is 2.18. The van der Waals surface area contributed by atoms with Gasteiger partial charge in [-0.2, -0.15) is 8.78 Å². The van der Waals surface area contributed by atoms with E-state index in [1.165, 1.54) is 13.3 Å². The van der Waals surface area contributed by atoms with Gasteiger partial charge < -0.3 is 5.21 Å². The number of benzene rings is 1. The molecule has 1 atom stereocenters. The van der Waals surface area contributed by atoms with Crippen LogP contribution in [-0.4, -0.2) is 32.9 Å². The van der Waals surface area contributed by atoms with E-state index in [9.17, 15) is 22.6 Å². The summed E-state index contributed by atoms with van der Waals surface area (Å²) in [4.78, 5) is 4.75. The molecule has 0 fully saturated rings. The smallest absolute Gasteiger partial charge is 0.301 e. The molecule has 1 aromatic heterocycles. The monoisotopic (exact) mass is 374 g/mol. The lowest BCUT2D eigenvalue weighted by molar-refractivity contribution is -0.416. The maximum absolute atomic E-state index is 12.8. The summed E-state index contributed by atoms with van der Waals surface area (Å²) in [6.45, 7) is 0. The fourth-order valence-corrected chi connectivity index (χ4v) is 4.24. The molecule has 0 saturated carbocycles. The normalized spacial score (nSPS) is 12.9. The van der Waals surface area contributed by atoms with E-state index in [4.69, 9.17) is 0 Å². The number of nitrogens with zero attached hydrogens (tertiary/aromatic N) is 2. The van der Waals surface area contributed by atoms with Gasteiger partial charge in [-0.1, -0.05) is 41.7 Å². The first-order valence-electron chi connectivity index (χ1n) is 6.77. The molecule has 24 heavy (non-hydrogen) atoms. The molecule has 2 rings (SSSR count). The SMILES string of the molecule is C/[N+]([O-])=C/c1sc(S(=O)CCC(F)=C(F)F)nc1-c1ccccc1. The summed E-state index contributed by atoms with van der Waals surface area (Å²) in [7, 11) is -0.438. The maximum atomic E-state index is 12.8. The first kappa shape index (κ1) is 18.3. The second-order valence-corrected chi connectivity index (χ2v) is 7.47. The van der Waals surface area contributed by atoms with Crippen molar-refractivity contribution < 1.29 is 22.1 Å². The molecule has 0 N–H and O–H groups in total. The summed E-state index contributed by atoms with van der Waals surface area (Å²) in [6, 6.07) is 8.97. The van der Waals surface area contributed by atoms with E-state index in [1.54, 1.807) is 24.3 Å². The third-order valence-electron chi connectivity index (χ3n) is 2.89. The van der Waals surface area contributed by atoms with Crippen molar-refractivity contribution >= 4 is 28.4 Å². The van der Waals surface area contributed by atoms with Crippen LogP contribution in [-0.2, 0) is 10.8 Å². The van der Waals surface area contributed by atoms with Crippen molar-refractivity contribution in [2.45, 2.75) is 10.8 Å². The van der Waals surface area contributed by atoms with Gasteiger partial charge in [0.2, 0.25) is 0 Å². The van der Waals surface area contributed by atoms with Crippen LogP contribution in [0, 0.1) is 5.21 Å². The average molecular weight is 374 g/mol. The second-order valence-electron chi connectivity index (χ2n) is 4.70. The van der Waals surface area contributed by atoms with Gasteiger partial charge in [-0.15, -0.1) is 0 Å². The van der Waals surface area contributed by atoms with Crippen LogP contribution >= 0.6 is 11.3 Å². The van der Waals surface area contributed by atoms with Crippen LogP contribution in [0.15, 0.2) is 46.6 Å². The number of hydroxylamine groups is 1. The van der Waals surface area contributed by atoms with Gasteiger partial charge in [-0.05, 0) is 0 Å². The minimum Gasteiger partial charge on any atom is -0.624 e. The number of hydrogen-bond acceptors (Lipinski definition) is 4. The highest BCUT2D eigenvalue weighted by Crippen LogP contribution is 2.29. The van der Waals surface area contributed by atoms with E-state index in [1.807, 2.05) is 6.07 Å². The number of allylic oxidation sites excluding steroid dienone is 1. The molecule has 0 aliphatic rings. The van der Waals surface area contributed by atoms with Crippen molar-refractivity contribution in [1.82, 2.24) is 4.98 Å². The molecule has 0 saturated heterocycles. The molecule has 0 amide bonds. The Labute approximate surface area is 143 Å². The molecule has 2 aromatic rings. The molecule has 0 aliphatic heterocycles. The molecule has 1 aromatic carbocycles. The zero-order valence-electron chi connectivity index (χ0n) is 12.5. The summed E-state index contributed by atoms with van der Waals surface area (Å²) >= 11 is 1.02. The Hall–Kier alpha value is -2.00. The van der Waals surface area contributed by atoms with Gasteiger partial charge >= 0.3 is 6.08 Å². The topological polar surface area (TPSA) is 56.0 Å². The molecule has 1 unspecified atom stereocenters. The Morgan fingerprint density at radius 2 is 2.00 bits per heavy atom. The van der Waals surface area contributed by atoms with Crippen LogP contribution in [0.4, 0.5) is 13.2 Å². The van der Waals surface area contributed by atoms with Gasteiger partial charge in [0.15, 0.2) is 16.4 Å². The molecule has 0 radical (unpaired) electrons. The minimum atomic E-state index is -2.40. The molecule has 0 aliphatic carbocycles. The molecule has 128 valence electrons. The highest BCUT2D eigenvalue weighted by atomic mass is 32.2. The van der Waals surface area contributed by atoms with Gasteiger partial charge in [0.05, 0.1) is 16.5 Å². The van der Waals surface area contributed by atoms with Crippen molar-refractivity contribution in [3.8, 4) is 11.3 Å². The van der Waals surface area contributed by atoms with Gasteiger partial charge in [-0.25, -0.2) is 14.1 Å². The standard InChI is InChI=1S/C15H13F3N2O2S2/c1-20(21)9-12-13(10-5-3-2-4-6-10)19-15(23-12)24(22)8-7-11(16)14(17)18/h2-6,9H,7-8H2,1H3/b20-9-. The van der Waals surface area contributed by atoms with Crippen molar-refractivity contribution in [3.05, 3.63) is 52.3 Å². The van der Waals surface area contributed by atoms with E-state index >= 15 is 0 Å². The molecule has 0 spiro atoms.